The van der Waals surface area contributed by atoms with Crippen molar-refractivity contribution < 1.29 is 0 Å². The lowest BCUT2D eigenvalue weighted by Crippen LogP contribution is -2.37. The Hall–Kier alpha value is -2.62. The van der Waals surface area contributed by atoms with Crippen molar-refractivity contribution in [3.8, 4) is 0 Å². The molecule has 4 rings (SSSR count). The average molecular weight is 380 g/mol. The quantitative estimate of drug-likeness (QED) is 0.473. The topological polar surface area (TPSA) is 30.7 Å². The minimum absolute atomic E-state index is 0.643. The number of halogens is 2. The van der Waals surface area contributed by atoms with Gasteiger partial charge in [-0.2, -0.15) is 0 Å². The van der Waals surface area contributed by atoms with Crippen molar-refractivity contribution in [3.63, 3.8) is 0 Å². The van der Waals surface area contributed by atoms with E-state index in [1.165, 1.54) is 0 Å². The molecule has 0 atom stereocenters. The van der Waals surface area contributed by atoms with Crippen LogP contribution in [0.2, 0.25) is 10.0 Å². The van der Waals surface area contributed by atoms with Crippen LogP contribution in [-0.4, -0.2) is 14.5 Å². The van der Waals surface area contributed by atoms with Gasteiger partial charge < -0.3 is 4.57 Å². The molecule has 0 aliphatic rings. The number of hydrogen-bond donors (Lipinski definition) is 0. The zero-order valence-electron chi connectivity index (χ0n) is 13.8. The number of pyridine rings is 1. The molecule has 0 saturated carbocycles. The molecular formula is C21H15Cl2N3. The smallest absolute Gasteiger partial charge is 0.126 e. The van der Waals surface area contributed by atoms with Gasteiger partial charge in [-0.25, -0.2) is 4.98 Å². The summed E-state index contributed by atoms with van der Waals surface area (Å²) in [5, 5.41) is 1.29. The Morgan fingerprint density at radius 1 is 0.731 bits per heavy atom. The number of nitrogens with zero attached hydrogens (tertiary/aromatic N) is 3. The zero-order valence-corrected chi connectivity index (χ0v) is 15.3. The van der Waals surface area contributed by atoms with E-state index < -0.39 is 5.54 Å². The van der Waals surface area contributed by atoms with Gasteiger partial charge in [-0.05, 0) is 18.2 Å². The van der Waals surface area contributed by atoms with Gasteiger partial charge >= 0.3 is 0 Å². The normalized spacial score (nSPS) is 11.5. The Balaban J connectivity index is 2.19. The van der Waals surface area contributed by atoms with Crippen molar-refractivity contribution in [2.75, 3.05) is 0 Å². The summed E-state index contributed by atoms with van der Waals surface area (Å²) in [4.78, 5) is 8.63. The van der Waals surface area contributed by atoms with Crippen molar-refractivity contribution >= 4 is 23.2 Å². The van der Waals surface area contributed by atoms with Crippen molar-refractivity contribution in [2.45, 2.75) is 5.54 Å². The molecule has 2 heterocycles. The Kier molecular flexibility index (Phi) is 4.49. The molecule has 0 bridgehead atoms. The molecule has 0 radical (unpaired) electrons. The van der Waals surface area contributed by atoms with E-state index in [0.717, 1.165) is 16.7 Å². The minimum Gasteiger partial charge on any atom is -0.319 e. The Morgan fingerprint density at radius 3 is 1.88 bits per heavy atom. The molecular weight excluding hydrogens is 365 g/mol. The highest BCUT2D eigenvalue weighted by molar-refractivity contribution is 6.32. The van der Waals surface area contributed by atoms with Crippen molar-refractivity contribution in [2.24, 2.45) is 0 Å². The van der Waals surface area contributed by atoms with E-state index in [1.54, 1.807) is 18.7 Å². The molecule has 0 unspecified atom stereocenters. The third kappa shape index (κ3) is 2.61. The van der Waals surface area contributed by atoms with Crippen LogP contribution in [0.5, 0.6) is 0 Å². The summed E-state index contributed by atoms with van der Waals surface area (Å²) >= 11 is 13.4. The van der Waals surface area contributed by atoms with Gasteiger partial charge in [0.05, 0.1) is 6.33 Å². The first-order valence-electron chi connectivity index (χ1n) is 8.13. The van der Waals surface area contributed by atoms with Crippen LogP contribution in [0.3, 0.4) is 0 Å². The average Bonchev–Trinajstić information content (AvgIpc) is 3.21. The highest BCUT2D eigenvalue weighted by atomic mass is 35.5. The number of aromatic nitrogens is 3. The fraction of sp³-hybridized carbons (Fsp3) is 0.0476. The van der Waals surface area contributed by atoms with E-state index in [9.17, 15) is 0 Å². The summed E-state index contributed by atoms with van der Waals surface area (Å²) in [5.41, 5.74) is 1.96. The van der Waals surface area contributed by atoms with E-state index in [-0.39, 0.29) is 0 Å². The molecule has 0 amide bonds. The monoisotopic (exact) mass is 379 g/mol. The first kappa shape index (κ1) is 16.8. The van der Waals surface area contributed by atoms with Crippen LogP contribution in [0, 0.1) is 0 Å². The van der Waals surface area contributed by atoms with E-state index in [4.69, 9.17) is 23.2 Å². The van der Waals surface area contributed by atoms with Crippen molar-refractivity contribution in [1.29, 1.82) is 0 Å². The lowest BCUT2D eigenvalue weighted by Gasteiger charge is -2.38. The Labute approximate surface area is 161 Å². The van der Waals surface area contributed by atoms with Crippen LogP contribution in [0.15, 0.2) is 91.8 Å². The van der Waals surface area contributed by atoms with Gasteiger partial charge in [0, 0.05) is 51.5 Å². The summed E-state index contributed by atoms with van der Waals surface area (Å²) in [7, 11) is 0. The number of imidazole rings is 1. The van der Waals surface area contributed by atoms with E-state index in [0.29, 0.717) is 10.0 Å². The summed E-state index contributed by atoms with van der Waals surface area (Å²) < 4.78 is 2.02. The van der Waals surface area contributed by atoms with E-state index in [1.807, 2.05) is 77.6 Å². The molecule has 26 heavy (non-hydrogen) atoms. The van der Waals surface area contributed by atoms with Crippen LogP contribution in [-0.2, 0) is 5.54 Å². The molecule has 0 aliphatic carbocycles. The summed E-state index contributed by atoms with van der Waals surface area (Å²) in [6, 6.07) is 19.5. The Bertz CT molecular complexity index is 969. The van der Waals surface area contributed by atoms with E-state index in [2.05, 4.69) is 9.97 Å². The maximum absolute atomic E-state index is 6.68. The van der Waals surface area contributed by atoms with Crippen LogP contribution in [0.4, 0.5) is 0 Å². The fourth-order valence-electron chi connectivity index (χ4n) is 3.43. The van der Waals surface area contributed by atoms with E-state index >= 15 is 0 Å². The maximum Gasteiger partial charge on any atom is 0.126 e. The summed E-state index contributed by atoms with van der Waals surface area (Å²) in [6.45, 7) is 0. The predicted octanol–water partition coefficient (Wildman–Crippen LogP) is 5.43. The zero-order chi connectivity index (χ0) is 18.0. The molecule has 3 nitrogen and oxygen atoms in total. The van der Waals surface area contributed by atoms with Gasteiger partial charge in [-0.3, -0.25) is 4.98 Å². The second-order valence-electron chi connectivity index (χ2n) is 5.88. The summed E-state index contributed by atoms with van der Waals surface area (Å²) in [5.74, 6) is 0. The molecule has 0 N–H and O–H groups in total. The lowest BCUT2D eigenvalue weighted by molar-refractivity contribution is 0.513. The second kappa shape index (κ2) is 6.94. The van der Waals surface area contributed by atoms with Gasteiger partial charge in [0.25, 0.3) is 0 Å². The highest BCUT2D eigenvalue weighted by Crippen LogP contribution is 2.45. The standard InChI is InChI=1S/C21H15Cl2N3/c22-19-9-3-1-7-17(19)21(26-13-12-25-15-26,16-6-5-11-24-14-16)18-8-2-4-10-20(18)23/h1-15H. The van der Waals surface area contributed by atoms with Gasteiger partial charge in [0.15, 0.2) is 0 Å². The lowest BCUT2D eigenvalue weighted by atomic mass is 9.77. The van der Waals surface area contributed by atoms with Crippen LogP contribution in [0.1, 0.15) is 16.7 Å². The van der Waals surface area contributed by atoms with Crippen molar-refractivity contribution in [1.82, 2.24) is 14.5 Å². The largest absolute Gasteiger partial charge is 0.319 e. The third-order valence-electron chi connectivity index (χ3n) is 4.50. The van der Waals surface area contributed by atoms with Gasteiger partial charge in [-0.15, -0.1) is 0 Å². The first-order chi connectivity index (χ1) is 12.7. The Morgan fingerprint density at radius 2 is 1.38 bits per heavy atom. The number of benzene rings is 2. The molecule has 128 valence electrons. The molecule has 2 aromatic heterocycles. The SMILES string of the molecule is Clc1ccccc1C(c1cccnc1)(c1ccccc1Cl)n1ccnc1. The molecule has 0 fully saturated rings. The van der Waals surface area contributed by atoms with Gasteiger partial charge in [0.1, 0.15) is 5.54 Å². The van der Waals surface area contributed by atoms with Crippen LogP contribution in [0.25, 0.3) is 0 Å². The molecule has 5 heteroatoms. The number of rotatable bonds is 4. The first-order valence-corrected chi connectivity index (χ1v) is 8.89. The predicted molar refractivity (Wildman–Crippen MR) is 105 cm³/mol. The van der Waals surface area contributed by atoms with Crippen LogP contribution >= 0.6 is 23.2 Å². The molecule has 4 aromatic rings. The highest BCUT2D eigenvalue weighted by Gasteiger charge is 2.41. The molecule has 0 spiro atoms. The van der Waals surface area contributed by atoms with Gasteiger partial charge in [0.2, 0.25) is 0 Å². The minimum atomic E-state index is -0.790. The number of hydrogen-bond acceptors (Lipinski definition) is 2. The maximum atomic E-state index is 6.68. The molecule has 2 aromatic carbocycles. The molecule has 0 saturated heterocycles. The molecule has 0 aliphatic heterocycles. The van der Waals surface area contributed by atoms with Crippen molar-refractivity contribution in [3.05, 3.63) is 119 Å². The second-order valence-corrected chi connectivity index (χ2v) is 6.70. The van der Waals surface area contributed by atoms with Crippen LogP contribution < -0.4 is 0 Å². The third-order valence-corrected chi connectivity index (χ3v) is 5.16. The van der Waals surface area contributed by atoms with Gasteiger partial charge in [-0.1, -0.05) is 65.7 Å². The summed E-state index contributed by atoms with van der Waals surface area (Å²) in [6.07, 6.45) is 9.03. The fourth-order valence-corrected chi connectivity index (χ4v) is 3.97.